The molecule has 1 heterocycles. The molecular weight excluding hydrogens is 398 g/mol. The minimum atomic E-state index is -3.66. The monoisotopic (exact) mass is 419 g/mol. The number of aliphatic hydroxyl groups excluding tert-OH is 1. The van der Waals surface area contributed by atoms with Crippen LogP contribution in [0.3, 0.4) is 0 Å². The van der Waals surface area contributed by atoms with Crippen LogP contribution in [0.4, 0.5) is 0 Å². The summed E-state index contributed by atoms with van der Waals surface area (Å²) in [4.78, 5) is 37.9. The van der Waals surface area contributed by atoms with Gasteiger partial charge in [0.1, 0.15) is 5.92 Å². The van der Waals surface area contributed by atoms with Gasteiger partial charge in [-0.05, 0) is 37.5 Å². The van der Waals surface area contributed by atoms with Gasteiger partial charge in [0.15, 0.2) is 32.9 Å². The van der Waals surface area contributed by atoms with E-state index < -0.39 is 39.0 Å². The number of nitrogens with zero attached hydrogens (tertiary/aromatic N) is 1. The highest BCUT2D eigenvalue weighted by Crippen LogP contribution is 2.35. The fourth-order valence-electron chi connectivity index (χ4n) is 3.68. The zero-order chi connectivity index (χ0) is 21.5. The van der Waals surface area contributed by atoms with Gasteiger partial charge in [-0.2, -0.15) is 0 Å². The summed E-state index contributed by atoms with van der Waals surface area (Å²) >= 11 is 0. The standard InChI is InChI=1S/C20H21NO7S/c1-10-6-16(28-21-10)18-11(2)13(4-5-17(18)29(3,26)27)20(25)19-14(23)7-12(9-22)8-15(19)24/h4-6,12,19,22H,7-9H2,1-3H3. The number of hydrogen-bond donors (Lipinski definition) is 1. The van der Waals surface area contributed by atoms with Gasteiger partial charge in [0.25, 0.3) is 0 Å². The number of Topliss-reactive ketones (excluding diaryl/α,β-unsaturated/α-hetero) is 3. The molecule has 0 aliphatic heterocycles. The zero-order valence-corrected chi connectivity index (χ0v) is 17.1. The number of aliphatic hydroxyl groups is 1. The highest BCUT2D eigenvalue weighted by molar-refractivity contribution is 7.90. The lowest BCUT2D eigenvalue weighted by Crippen LogP contribution is -2.39. The number of benzene rings is 1. The highest BCUT2D eigenvalue weighted by atomic mass is 32.2. The Balaban J connectivity index is 2.13. The van der Waals surface area contributed by atoms with Crippen molar-refractivity contribution in [1.29, 1.82) is 0 Å². The summed E-state index contributed by atoms with van der Waals surface area (Å²) in [7, 11) is -3.66. The average Bonchev–Trinajstić information content (AvgIpc) is 3.05. The minimum Gasteiger partial charge on any atom is -0.396 e. The van der Waals surface area contributed by atoms with E-state index in [4.69, 9.17) is 4.52 Å². The van der Waals surface area contributed by atoms with E-state index in [0.29, 0.717) is 11.3 Å². The Morgan fingerprint density at radius 3 is 2.31 bits per heavy atom. The number of carbonyl (C=O) groups is 3. The third-order valence-corrected chi connectivity index (χ3v) is 6.25. The van der Waals surface area contributed by atoms with E-state index in [9.17, 15) is 27.9 Å². The summed E-state index contributed by atoms with van der Waals surface area (Å²) in [5, 5.41) is 13.0. The molecular formula is C20H21NO7S. The summed E-state index contributed by atoms with van der Waals surface area (Å²) < 4.78 is 29.8. The fourth-order valence-corrected chi connectivity index (χ4v) is 4.62. The van der Waals surface area contributed by atoms with Crippen LogP contribution in [-0.2, 0) is 19.4 Å². The van der Waals surface area contributed by atoms with Gasteiger partial charge in [-0.25, -0.2) is 8.42 Å². The molecule has 0 amide bonds. The lowest BCUT2D eigenvalue weighted by molar-refractivity contribution is -0.135. The summed E-state index contributed by atoms with van der Waals surface area (Å²) in [6.45, 7) is 2.92. The number of ketones is 3. The van der Waals surface area contributed by atoms with Crippen LogP contribution in [0.15, 0.2) is 27.6 Å². The molecule has 3 rings (SSSR count). The van der Waals surface area contributed by atoms with Crippen LogP contribution >= 0.6 is 0 Å². The number of rotatable bonds is 5. The first-order chi connectivity index (χ1) is 13.5. The van der Waals surface area contributed by atoms with E-state index in [2.05, 4.69) is 5.16 Å². The molecule has 1 saturated carbocycles. The lowest BCUT2D eigenvalue weighted by atomic mass is 9.76. The average molecular weight is 419 g/mol. The van der Waals surface area contributed by atoms with Crippen molar-refractivity contribution in [1.82, 2.24) is 5.16 Å². The largest absolute Gasteiger partial charge is 0.396 e. The Kier molecular flexibility index (Phi) is 5.55. The molecule has 1 aliphatic rings. The Morgan fingerprint density at radius 1 is 1.21 bits per heavy atom. The minimum absolute atomic E-state index is 0.0376. The van der Waals surface area contributed by atoms with E-state index >= 15 is 0 Å². The van der Waals surface area contributed by atoms with E-state index in [1.165, 1.54) is 12.1 Å². The van der Waals surface area contributed by atoms with Crippen LogP contribution in [-0.4, -0.2) is 48.9 Å². The molecule has 0 bridgehead atoms. The van der Waals surface area contributed by atoms with Crippen molar-refractivity contribution < 1.29 is 32.4 Å². The van der Waals surface area contributed by atoms with E-state index in [1.807, 2.05) is 0 Å². The Morgan fingerprint density at radius 2 is 1.83 bits per heavy atom. The molecule has 0 saturated heterocycles. The molecule has 0 spiro atoms. The van der Waals surface area contributed by atoms with Crippen LogP contribution in [0, 0.1) is 25.7 Å². The second-order valence-electron chi connectivity index (χ2n) is 7.40. The van der Waals surface area contributed by atoms with Crippen LogP contribution in [0.2, 0.25) is 0 Å². The maximum Gasteiger partial charge on any atom is 0.181 e. The lowest BCUT2D eigenvalue weighted by Gasteiger charge is -2.25. The van der Waals surface area contributed by atoms with E-state index in [-0.39, 0.29) is 41.2 Å². The highest BCUT2D eigenvalue weighted by Gasteiger charge is 2.41. The molecule has 1 fully saturated rings. The van der Waals surface area contributed by atoms with Crippen molar-refractivity contribution in [3.05, 3.63) is 35.0 Å². The van der Waals surface area contributed by atoms with Gasteiger partial charge in [0.2, 0.25) is 0 Å². The molecule has 1 aromatic carbocycles. The number of aromatic nitrogens is 1. The molecule has 29 heavy (non-hydrogen) atoms. The number of hydrogen-bond acceptors (Lipinski definition) is 8. The first kappa shape index (κ1) is 21.1. The van der Waals surface area contributed by atoms with Gasteiger partial charge in [0.05, 0.1) is 10.6 Å². The summed E-state index contributed by atoms with van der Waals surface area (Å²) in [6.07, 6.45) is 0.944. The Hall–Kier alpha value is -2.65. The molecule has 0 atom stereocenters. The van der Waals surface area contributed by atoms with Gasteiger partial charge in [-0.3, -0.25) is 14.4 Å². The summed E-state index contributed by atoms with van der Waals surface area (Å²) in [5.41, 5.74) is 1.08. The molecule has 1 aromatic heterocycles. The molecule has 9 heteroatoms. The van der Waals surface area contributed by atoms with Crippen molar-refractivity contribution in [2.75, 3.05) is 12.9 Å². The molecule has 0 radical (unpaired) electrons. The van der Waals surface area contributed by atoms with Crippen LogP contribution in [0.5, 0.6) is 0 Å². The number of aryl methyl sites for hydroxylation is 1. The second-order valence-corrected chi connectivity index (χ2v) is 9.39. The van der Waals surface area contributed by atoms with E-state index in [0.717, 1.165) is 6.26 Å². The van der Waals surface area contributed by atoms with Crippen molar-refractivity contribution in [3.8, 4) is 11.3 Å². The third-order valence-electron chi connectivity index (χ3n) is 5.11. The third kappa shape index (κ3) is 3.92. The van der Waals surface area contributed by atoms with Crippen LogP contribution in [0.25, 0.3) is 11.3 Å². The maximum absolute atomic E-state index is 13.1. The number of carbonyl (C=O) groups excluding carboxylic acids is 3. The van der Waals surface area contributed by atoms with E-state index in [1.54, 1.807) is 19.9 Å². The van der Waals surface area contributed by atoms with Crippen LogP contribution in [0.1, 0.15) is 34.5 Å². The van der Waals surface area contributed by atoms with Gasteiger partial charge >= 0.3 is 0 Å². The van der Waals surface area contributed by atoms with Gasteiger partial charge in [-0.1, -0.05) is 5.16 Å². The molecule has 1 aliphatic carbocycles. The van der Waals surface area contributed by atoms with Gasteiger partial charge < -0.3 is 9.63 Å². The second kappa shape index (κ2) is 7.64. The molecule has 1 N–H and O–H groups in total. The predicted octanol–water partition coefficient (Wildman–Crippen LogP) is 1.70. The maximum atomic E-state index is 13.1. The molecule has 2 aromatic rings. The smallest absolute Gasteiger partial charge is 0.181 e. The number of sulfone groups is 1. The zero-order valence-electron chi connectivity index (χ0n) is 16.3. The Bertz CT molecular complexity index is 1100. The molecule has 154 valence electrons. The molecule has 8 nitrogen and oxygen atoms in total. The first-order valence-electron chi connectivity index (χ1n) is 9.02. The van der Waals surface area contributed by atoms with Crippen molar-refractivity contribution >= 4 is 27.2 Å². The predicted molar refractivity (Wildman–Crippen MR) is 102 cm³/mol. The molecule has 0 unspecified atom stereocenters. The topological polar surface area (TPSA) is 132 Å². The summed E-state index contributed by atoms with van der Waals surface area (Å²) in [5.74, 6) is -3.48. The SMILES string of the molecule is Cc1cc(-c2c(S(C)(=O)=O)ccc(C(=O)C3C(=O)CC(CO)CC3=O)c2C)on1. The van der Waals surface area contributed by atoms with Crippen LogP contribution < -0.4 is 0 Å². The summed E-state index contributed by atoms with van der Waals surface area (Å²) in [6, 6.07) is 4.14. The van der Waals surface area contributed by atoms with Gasteiger partial charge in [-0.15, -0.1) is 0 Å². The fraction of sp³-hybridized carbons (Fsp3) is 0.400. The van der Waals surface area contributed by atoms with Crippen molar-refractivity contribution in [3.63, 3.8) is 0 Å². The van der Waals surface area contributed by atoms with Crippen molar-refractivity contribution in [2.24, 2.45) is 11.8 Å². The normalized spacial score (nSPS) is 20.1. The Labute approximate surface area is 167 Å². The first-order valence-corrected chi connectivity index (χ1v) is 10.9. The van der Waals surface area contributed by atoms with Gasteiger partial charge in [0, 0.05) is 42.9 Å². The van der Waals surface area contributed by atoms with Crippen molar-refractivity contribution in [2.45, 2.75) is 31.6 Å². The quantitative estimate of drug-likeness (QED) is 0.572.